The van der Waals surface area contributed by atoms with Gasteiger partial charge in [-0.2, -0.15) is 0 Å². The third-order valence-corrected chi connectivity index (χ3v) is 18.3. The van der Waals surface area contributed by atoms with Gasteiger partial charge in [-0.15, -0.1) is 0 Å². The molecule has 0 spiro atoms. The van der Waals surface area contributed by atoms with Gasteiger partial charge in [0, 0.05) is 6.10 Å². The lowest BCUT2D eigenvalue weighted by molar-refractivity contribution is 0.111. The van der Waals surface area contributed by atoms with Gasteiger partial charge in [-0.1, -0.05) is 84.8 Å². The minimum Gasteiger partial charge on any atom is -0.414 e. The van der Waals surface area contributed by atoms with Crippen LogP contribution in [0.1, 0.15) is 107 Å². The fourth-order valence-electron chi connectivity index (χ4n) is 7.96. The molecule has 1 heterocycles. The van der Waals surface area contributed by atoms with Gasteiger partial charge in [-0.3, -0.25) is 0 Å². The molecule has 0 aromatic rings. The second kappa shape index (κ2) is 11.2. The lowest BCUT2D eigenvalue weighted by Gasteiger charge is -2.44. The maximum atomic E-state index is 13.6. The number of rotatable bonds is 7. The van der Waals surface area contributed by atoms with Crippen LogP contribution in [0.15, 0.2) is 34.9 Å². The van der Waals surface area contributed by atoms with Crippen LogP contribution in [0.4, 0.5) is 0 Å². The van der Waals surface area contributed by atoms with Gasteiger partial charge in [0.1, 0.15) is 5.25 Å². The summed E-state index contributed by atoms with van der Waals surface area (Å²) in [5, 5.41) is -0.255. The highest BCUT2D eigenvalue weighted by Crippen LogP contribution is 2.60. The maximum absolute atomic E-state index is 13.6. The van der Waals surface area contributed by atoms with Crippen molar-refractivity contribution in [3.05, 3.63) is 34.9 Å². The fraction of sp³-hybridized carbons (Fsp3) is 0.824. The Hall–Kier alpha value is -0.653. The highest BCUT2D eigenvalue weighted by Gasteiger charge is 2.51. The average Bonchev–Trinajstić information content (AvgIpc) is 3.29. The third-order valence-electron chi connectivity index (χ3n) is 11.9. The molecule has 4 rings (SSSR count). The molecular formula is C34H58O3SSi. The van der Waals surface area contributed by atoms with Crippen LogP contribution in [-0.4, -0.2) is 33.8 Å². The van der Waals surface area contributed by atoms with Crippen molar-refractivity contribution in [2.75, 3.05) is 5.75 Å². The second-order valence-corrected chi connectivity index (χ2v) is 22.7. The molecule has 0 amide bonds. The quantitative estimate of drug-likeness (QED) is 0.225. The van der Waals surface area contributed by atoms with Crippen molar-refractivity contribution in [2.24, 2.45) is 35.0 Å². The Morgan fingerprint density at radius 1 is 1.03 bits per heavy atom. The van der Waals surface area contributed by atoms with Crippen molar-refractivity contribution in [3.63, 3.8) is 0 Å². The van der Waals surface area contributed by atoms with Gasteiger partial charge in [0.25, 0.3) is 0 Å². The molecule has 0 saturated heterocycles. The van der Waals surface area contributed by atoms with Gasteiger partial charge in [-0.25, -0.2) is 8.42 Å². The summed E-state index contributed by atoms with van der Waals surface area (Å²) in [7, 11) is -5.07. The summed E-state index contributed by atoms with van der Waals surface area (Å²) in [6, 6.07) is 0. The Balaban J connectivity index is 1.56. The molecule has 0 unspecified atom stereocenters. The molecule has 3 nitrogen and oxygen atoms in total. The molecule has 7 atom stereocenters. The standard InChI is InChI=1S/C34H58O3SSi/c1-23(2)24(3)13-14-25(4)30-17-18-31-26(12-11-19-34(30,31)8)20-32-29-21-28(37-39(9,10)33(5,6)7)16-15-27(29)22-38(32,35)36/h13-14,20,23-25,28,30-32H,11-12,15-19,21-22H2,1-10H3/b14-13+,26-20+/t24-,25+,28-,30+,31-,32-,34+/m0/s1. The van der Waals surface area contributed by atoms with E-state index in [1.807, 2.05) is 0 Å². The van der Waals surface area contributed by atoms with Gasteiger partial charge in [-0.05, 0) is 110 Å². The summed E-state index contributed by atoms with van der Waals surface area (Å²) in [6.07, 6.45) is 16.0. The molecular weight excluding hydrogens is 517 g/mol. The van der Waals surface area contributed by atoms with Crippen LogP contribution in [0, 0.1) is 35.0 Å². The third kappa shape index (κ3) is 6.26. The summed E-state index contributed by atoms with van der Waals surface area (Å²) in [5.41, 5.74) is 4.12. The molecule has 0 aromatic carbocycles. The van der Waals surface area contributed by atoms with Crippen molar-refractivity contribution >= 4 is 18.2 Å². The van der Waals surface area contributed by atoms with E-state index in [1.54, 1.807) is 0 Å². The molecule has 4 aliphatic rings. The summed E-state index contributed by atoms with van der Waals surface area (Å²) in [4.78, 5) is 0. The Bertz CT molecular complexity index is 1110. The summed E-state index contributed by atoms with van der Waals surface area (Å²) in [5.74, 6) is 3.31. The fourth-order valence-corrected chi connectivity index (χ4v) is 11.4. The highest BCUT2D eigenvalue weighted by atomic mass is 32.2. The van der Waals surface area contributed by atoms with E-state index < -0.39 is 23.4 Å². The van der Waals surface area contributed by atoms with E-state index in [0.717, 1.165) is 25.7 Å². The van der Waals surface area contributed by atoms with E-state index in [9.17, 15) is 8.42 Å². The number of hydrogen-bond acceptors (Lipinski definition) is 3. The molecule has 1 aliphatic heterocycles. The van der Waals surface area contributed by atoms with Crippen LogP contribution >= 0.6 is 0 Å². The van der Waals surface area contributed by atoms with Crippen LogP contribution in [0.2, 0.25) is 18.1 Å². The summed E-state index contributed by atoms with van der Waals surface area (Å²) >= 11 is 0. The van der Waals surface area contributed by atoms with Crippen molar-refractivity contribution in [2.45, 2.75) is 136 Å². The molecule has 39 heavy (non-hydrogen) atoms. The zero-order chi connectivity index (χ0) is 29.0. The molecule has 0 aromatic heterocycles. The topological polar surface area (TPSA) is 43.4 Å². The number of hydrogen-bond donors (Lipinski definition) is 0. The zero-order valence-corrected chi connectivity index (χ0v) is 28.6. The average molecular weight is 575 g/mol. The Morgan fingerprint density at radius 3 is 2.36 bits per heavy atom. The Labute approximate surface area is 242 Å². The van der Waals surface area contributed by atoms with E-state index in [4.69, 9.17) is 4.43 Å². The van der Waals surface area contributed by atoms with Crippen molar-refractivity contribution in [1.82, 2.24) is 0 Å². The predicted octanol–water partition coefficient (Wildman–Crippen LogP) is 9.28. The molecule has 5 heteroatoms. The molecule has 2 fully saturated rings. The first-order chi connectivity index (χ1) is 18.0. The van der Waals surface area contributed by atoms with Gasteiger partial charge in [0.15, 0.2) is 18.2 Å². The Morgan fingerprint density at radius 2 is 1.72 bits per heavy atom. The summed E-state index contributed by atoms with van der Waals surface area (Å²) in [6.45, 7) is 23.4. The van der Waals surface area contributed by atoms with E-state index >= 15 is 0 Å². The van der Waals surface area contributed by atoms with Gasteiger partial charge >= 0.3 is 0 Å². The van der Waals surface area contributed by atoms with Crippen LogP contribution in [0.25, 0.3) is 0 Å². The predicted molar refractivity (Wildman–Crippen MR) is 169 cm³/mol. The maximum Gasteiger partial charge on any atom is 0.192 e. The van der Waals surface area contributed by atoms with Crippen molar-refractivity contribution in [3.8, 4) is 0 Å². The van der Waals surface area contributed by atoms with E-state index in [1.165, 1.54) is 42.4 Å². The van der Waals surface area contributed by atoms with Crippen LogP contribution in [0.5, 0.6) is 0 Å². The SMILES string of the molecule is CC(C)[C@@H](C)/C=C/[C@@H](C)[C@H]1CC[C@H]2/C(=C/[C@H]3C4=C(CC[C@H](O[Si](C)(C)C(C)(C)C)C4)CS3(=O)=O)CCC[C@]12C. The van der Waals surface area contributed by atoms with Gasteiger partial charge in [0.05, 0.1) is 5.75 Å². The first-order valence-corrected chi connectivity index (χ1v) is 20.6. The lowest BCUT2D eigenvalue weighted by Crippen LogP contribution is -2.44. The molecule has 222 valence electrons. The monoisotopic (exact) mass is 574 g/mol. The minimum absolute atomic E-state index is 0.159. The normalized spacial score (nSPS) is 36.0. The molecule has 0 radical (unpaired) electrons. The molecule has 0 bridgehead atoms. The minimum atomic E-state index is -3.18. The molecule has 2 saturated carbocycles. The lowest BCUT2D eigenvalue weighted by atomic mass is 9.61. The van der Waals surface area contributed by atoms with Crippen LogP contribution in [0.3, 0.4) is 0 Å². The largest absolute Gasteiger partial charge is 0.414 e. The zero-order valence-electron chi connectivity index (χ0n) is 26.8. The van der Waals surface area contributed by atoms with Crippen LogP contribution in [-0.2, 0) is 14.3 Å². The van der Waals surface area contributed by atoms with Crippen molar-refractivity contribution < 1.29 is 12.8 Å². The number of sulfone groups is 1. The van der Waals surface area contributed by atoms with E-state index in [0.29, 0.717) is 29.6 Å². The smallest absolute Gasteiger partial charge is 0.192 e. The number of fused-ring (bicyclic) bond motifs is 1. The van der Waals surface area contributed by atoms with Gasteiger partial charge < -0.3 is 4.43 Å². The molecule has 0 N–H and O–H groups in total. The number of allylic oxidation sites excluding steroid dienone is 3. The molecule has 3 aliphatic carbocycles. The Kier molecular flexibility index (Phi) is 8.99. The summed E-state index contributed by atoms with van der Waals surface area (Å²) < 4.78 is 34.0. The first-order valence-electron chi connectivity index (χ1n) is 16.0. The van der Waals surface area contributed by atoms with Gasteiger partial charge in [0.2, 0.25) is 0 Å². The van der Waals surface area contributed by atoms with E-state index in [2.05, 4.69) is 86.7 Å². The van der Waals surface area contributed by atoms with E-state index in [-0.39, 0.29) is 22.3 Å². The highest BCUT2D eigenvalue weighted by molar-refractivity contribution is 7.92. The van der Waals surface area contributed by atoms with Crippen LogP contribution < -0.4 is 0 Å². The van der Waals surface area contributed by atoms with Crippen molar-refractivity contribution in [1.29, 1.82) is 0 Å². The second-order valence-electron chi connectivity index (χ2n) is 15.8. The first kappa shape index (κ1) is 31.3.